The Morgan fingerprint density at radius 3 is 2.45 bits per heavy atom. The number of ether oxygens (including phenoxy) is 3. The molecule has 2 saturated heterocycles. The van der Waals surface area contributed by atoms with Gasteiger partial charge in [0.2, 0.25) is 0 Å². The molecule has 2 aliphatic heterocycles. The van der Waals surface area contributed by atoms with Crippen LogP contribution in [0.5, 0.6) is 5.75 Å². The van der Waals surface area contributed by atoms with Gasteiger partial charge in [-0.1, -0.05) is 35.9 Å². The molecule has 4 N–H and O–H groups in total. The predicted octanol–water partition coefficient (Wildman–Crippen LogP) is 1.61. The SMILES string of the molecule is OCC1O[C@@H](c2ccc(Cl)c(Cc3ccc(O[C@@H]4CCOC4)cc3)c2)C(O)[C@@H](O)[C@@H]1O. The molecule has 2 heterocycles. The standard InChI is InChI=1S/C23H27ClO7/c24-18-6-3-14(23-22(28)21(27)20(26)19(11-25)31-23)10-15(18)9-13-1-4-16(5-2-13)30-17-7-8-29-12-17/h1-6,10,17,19-23,25-28H,7-9,11-12H2/t17-,19?,20-,21+,22?,23+/m1/s1. The molecule has 0 spiro atoms. The first kappa shape index (κ1) is 22.5. The van der Waals surface area contributed by atoms with Crippen molar-refractivity contribution in [3.63, 3.8) is 0 Å². The molecule has 7 nitrogen and oxygen atoms in total. The van der Waals surface area contributed by atoms with Gasteiger partial charge in [0.25, 0.3) is 0 Å². The van der Waals surface area contributed by atoms with Crippen molar-refractivity contribution in [1.82, 2.24) is 0 Å². The van der Waals surface area contributed by atoms with Crippen molar-refractivity contribution in [3.8, 4) is 5.75 Å². The normalized spacial score (nSPS) is 31.0. The van der Waals surface area contributed by atoms with Gasteiger partial charge in [-0.05, 0) is 41.3 Å². The molecule has 6 atom stereocenters. The summed E-state index contributed by atoms with van der Waals surface area (Å²) in [7, 11) is 0. The van der Waals surface area contributed by atoms with Crippen LogP contribution in [0.25, 0.3) is 0 Å². The van der Waals surface area contributed by atoms with E-state index in [1.165, 1.54) is 0 Å². The second-order valence-corrected chi connectivity index (χ2v) is 8.43. The highest BCUT2D eigenvalue weighted by Crippen LogP contribution is 2.34. The molecule has 2 aromatic carbocycles. The average molecular weight is 451 g/mol. The van der Waals surface area contributed by atoms with Crippen molar-refractivity contribution in [2.24, 2.45) is 0 Å². The summed E-state index contributed by atoms with van der Waals surface area (Å²) >= 11 is 6.40. The third-order valence-corrected chi connectivity index (χ3v) is 6.17. The first-order valence-corrected chi connectivity index (χ1v) is 10.8. The van der Waals surface area contributed by atoms with Gasteiger partial charge in [0.1, 0.15) is 42.4 Å². The maximum atomic E-state index is 10.4. The van der Waals surface area contributed by atoms with Crippen molar-refractivity contribution in [2.75, 3.05) is 19.8 Å². The maximum Gasteiger partial charge on any atom is 0.124 e. The molecule has 0 aliphatic carbocycles. The summed E-state index contributed by atoms with van der Waals surface area (Å²) in [5.41, 5.74) is 2.47. The van der Waals surface area contributed by atoms with Gasteiger partial charge in [-0.2, -0.15) is 0 Å². The van der Waals surface area contributed by atoms with Crippen LogP contribution in [0.3, 0.4) is 0 Å². The highest BCUT2D eigenvalue weighted by molar-refractivity contribution is 6.31. The van der Waals surface area contributed by atoms with Crippen molar-refractivity contribution < 1.29 is 34.6 Å². The molecule has 0 bridgehead atoms. The van der Waals surface area contributed by atoms with Gasteiger partial charge in [-0.3, -0.25) is 0 Å². The lowest BCUT2D eigenvalue weighted by Crippen LogP contribution is -2.55. The molecular formula is C23H27ClO7. The number of halogens is 1. The van der Waals surface area contributed by atoms with E-state index in [0.29, 0.717) is 23.6 Å². The van der Waals surface area contributed by atoms with E-state index in [1.54, 1.807) is 12.1 Å². The number of hydrogen-bond donors (Lipinski definition) is 4. The Bertz CT molecular complexity index is 867. The van der Waals surface area contributed by atoms with Gasteiger partial charge >= 0.3 is 0 Å². The van der Waals surface area contributed by atoms with Gasteiger partial charge in [-0.25, -0.2) is 0 Å². The molecule has 0 aromatic heterocycles. The van der Waals surface area contributed by atoms with Crippen LogP contribution < -0.4 is 4.74 Å². The van der Waals surface area contributed by atoms with Crippen LogP contribution in [0.4, 0.5) is 0 Å². The summed E-state index contributed by atoms with van der Waals surface area (Å²) in [6.07, 6.45) is -4.46. The maximum absolute atomic E-state index is 10.4. The predicted molar refractivity (Wildman–Crippen MR) is 113 cm³/mol. The monoisotopic (exact) mass is 450 g/mol. The fraction of sp³-hybridized carbons (Fsp3) is 0.478. The van der Waals surface area contributed by atoms with E-state index < -0.39 is 37.1 Å². The van der Waals surface area contributed by atoms with E-state index in [0.717, 1.165) is 29.9 Å². The molecule has 4 rings (SSSR count). The van der Waals surface area contributed by atoms with Crippen molar-refractivity contribution in [3.05, 3.63) is 64.2 Å². The van der Waals surface area contributed by atoms with Gasteiger partial charge in [0.05, 0.1) is 19.8 Å². The van der Waals surface area contributed by atoms with Gasteiger partial charge in [-0.15, -0.1) is 0 Å². The number of aliphatic hydroxyl groups is 4. The second kappa shape index (κ2) is 9.83. The van der Waals surface area contributed by atoms with E-state index >= 15 is 0 Å². The Balaban J connectivity index is 1.49. The molecular weight excluding hydrogens is 424 g/mol. The lowest BCUT2D eigenvalue weighted by Gasteiger charge is -2.40. The Morgan fingerprint density at radius 2 is 1.77 bits per heavy atom. The summed E-state index contributed by atoms with van der Waals surface area (Å²) in [6, 6.07) is 13.0. The summed E-state index contributed by atoms with van der Waals surface area (Å²) in [5, 5.41) is 40.5. The zero-order chi connectivity index (χ0) is 22.0. The molecule has 8 heteroatoms. The third kappa shape index (κ3) is 5.04. The minimum Gasteiger partial charge on any atom is -0.488 e. The Labute approximate surface area is 185 Å². The summed E-state index contributed by atoms with van der Waals surface area (Å²) < 4.78 is 16.9. The van der Waals surface area contributed by atoms with Crippen LogP contribution in [0.1, 0.15) is 29.2 Å². The molecule has 0 saturated carbocycles. The van der Waals surface area contributed by atoms with E-state index in [9.17, 15) is 20.4 Å². The van der Waals surface area contributed by atoms with Crippen LogP contribution in [0.2, 0.25) is 5.02 Å². The van der Waals surface area contributed by atoms with E-state index in [-0.39, 0.29) is 6.10 Å². The van der Waals surface area contributed by atoms with E-state index in [1.807, 2.05) is 30.3 Å². The average Bonchev–Trinajstić information content (AvgIpc) is 3.28. The van der Waals surface area contributed by atoms with Crippen LogP contribution in [0.15, 0.2) is 42.5 Å². The molecule has 2 fully saturated rings. The molecule has 0 radical (unpaired) electrons. The van der Waals surface area contributed by atoms with Gasteiger partial charge in [0, 0.05) is 11.4 Å². The second-order valence-electron chi connectivity index (χ2n) is 8.02. The fourth-order valence-corrected chi connectivity index (χ4v) is 4.17. The number of benzene rings is 2. The smallest absolute Gasteiger partial charge is 0.124 e. The van der Waals surface area contributed by atoms with E-state index in [2.05, 4.69) is 0 Å². The van der Waals surface area contributed by atoms with Crippen LogP contribution in [0, 0.1) is 0 Å². The Morgan fingerprint density at radius 1 is 1.00 bits per heavy atom. The van der Waals surface area contributed by atoms with Crippen molar-refractivity contribution in [2.45, 2.75) is 49.5 Å². The van der Waals surface area contributed by atoms with E-state index in [4.69, 9.17) is 25.8 Å². The highest BCUT2D eigenvalue weighted by atomic mass is 35.5. The van der Waals surface area contributed by atoms with Crippen LogP contribution >= 0.6 is 11.6 Å². The third-order valence-electron chi connectivity index (χ3n) is 5.80. The molecule has 0 amide bonds. The fourth-order valence-electron chi connectivity index (χ4n) is 3.99. The molecule has 168 valence electrons. The Kier molecular flexibility index (Phi) is 7.13. The van der Waals surface area contributed by atoms with Gasteiger partial charge < -0.3 is 34.6 Å². The lowest BCUT2D eigenvalue weighted by atomic mass is 9.90. The zero-order valence-corrected chi connectivity index (χ0v) is 17.7. The molecule has 2 aromatic rings. The molecule has 31 heavy (non-hydrogen) atoms. The first-order chi connectivity index (χ1) is 15.0. The van der Waals surface area contributed by atoms with Crippen LogP contribution in [-0.2, 0) is 15.9 Å². The van der Waals surface area contributed by atoms with Crippen LogP contribution in [-0.4, -0.2) is 70.8 Å². The number of hydrogen-bond acceptors (Lipinski definition) is 7. The largest absolute Gasteiger partial charge is 0.488 e. The van der Waals surface area contributed by atoms with Crippen molar-refractivity contribution in [1.29, 1.82) is 0 Å². The van der Waals surface area contributed by atoms with Gasteiger partial charge in [0.15, 0.2) is 0 Å². The minimum atomic E-state index is -1.42. The quantitative estimate of drug-likeness (QED) is 0.529. The van der Waals surface area contributed by atoms with Crippen molar-refractivity contribution >= 4 is 11.6 Å². The summed E-state index contributed by atoms with van der Waals surface area (Å²) in [6.45, 7) is 0.872. The summed E-state index contributed by atoms with van der Waals surface area (Å²) in [5.74, 6) is 0.792. The topological polar surface area (TPSA) is 109 Å². The zero-order valence-electron chi connectivity index (χ0n) is 16.9. The summed E-state index contributed by atoms with van der Waals surface area (Å²) in [4.78, 5) is 0. The molecule has 2 aliphatic rings. The minimum absolute atomic E-state index is 0.0931. The highest BCUT2D eigenvalue weighted by Gasteiger charge is 2.44. The first-order valence-electron chi connectivity index (χ1n) is 10.4. The Hall–Kier alpha value is -1.71. The number of rotatable bonds is 6. The lowest BCUT2D eigenvalue weighted by molar-refractivity contribution is -0.231. The molecule has 2 unspecified atom stereocenters. The number of aliphatic hydroxyl groups excluding tert-OH is 4.